The molecule has 0 radical (unpaired) electrons. The number of benzene rings is 1. The van der Waals surface area contributed by atoms with Crippen molar-refractivity contribution in [2.24, 2.45) is 0 Å². The van der Waals surface area contributed by atoms with E-state index in [-0.39, 0.29) is 11.9 Å². The lowest BCUT2D eigenvalue weighted by molar-refractivity contribution is 0.560. The van der Waals surface area contributed by atoms with Gasteiger partial charge in [0.05, 0.1) is 11.7 Å². The lowest BCUT2D eigenvalue weighted by Crippen LogP contribution is -2.22. The van der Waals surface area contributed by atoms with Gasteiger partial charge in [0.25, 0.3) is 0 Å². The molecule has 1 aromatic carbocycles. The van der Waals surface area contributed by atoms with Crippen LogP contribution in [0, 0.1) is 9.39 Å². The smallest absolute Gasteiger partial charge is 0.124 e. The van der Waals surface area contributed by atoms with Crippen molar-refractivity contribution in [2.75, 3.05) is 7.05 Å². The molecule has 0 aliphatic carbocycles. The summed E-state index contributed by atoms with van der Waals surface area (Å²) in [7, 11) is 1.90. The number of nitrogens with zero attached hydrogens (tertiary/aromatic N) is 2. The molecule has 1 unspecified atom stereocenters. The highest BCUT2D eigenvalue weighted by molar-refractivity contribution is 14.1. The standard InChI is InChI=1S/C13H15FIN3/c1-3-18-12(6-7-17-18)13(16-2)10-5-4-9(14)8-11(10)15/h4-8,13,16H,3H2,1-2H3. The molecule has 2 rings (SSSR count). The summed E-state index contributed by atoms with van der Waals surface area (Å²) in [6.07, 6.45) is 1.79. The number of aryl methyl sites for hydroxylation is 1. The topological polar surface area (TPSA) is 29.9 Å². The molecule has 2 aromatic rings. The lowest BCUT2D eigenvalue weighted by Gasteiger charge is -2.19. The van der Waals surface area contributed by atoms with Crippen LogP contribution in [0.1, 0.15) is 24.2 Å². The van der Waals surface area contributed by atoms with Crippen molar-refractivity contribution in [3.63, 3.8) is 0 Å². The van der Waals surface area contributed by atoms with Gasteiger partial charge in [0.15, 0.2) is 0 Å². The van der Waals surface area contributed by atoms with E-state index < -0.39 is 0 Å². The Morgan fingerprint density at radius 1 is 1.44 bits per heavy atom. The van der Waals surface area contributed by atoms with Crippen LogP contribution in [0.3, 0.4) is 0 Å². The number of halogens is 2. The minimum Gasteiger partial charge on any atom is -0.308 e. The highest BCUT2D eigenvalue weighted by Gasteiger charge is 2.18. The Morgan fingerprint density at radius 3 is 2.83 bits per heavy atom. The monoisotopic (exact) mass is 359 g/mol. The van der Waals surface area contributed by atoms with E-state index in [2.05, 4.69) is 39.9 Å². The average Bonchev–Trinajstić information content (AvgIpc) is 2.81. The van der Waals surface area contributed by atoms with E-state index >= 15 is 0 Å². The molecule has 1 atom stereocenters. The van der Waals surface area contributed by atoms with Crippen LogP contribution >= 0.6 is 22.6 Å². The van der Waals surface area contributed by atoms with Crippen molar-refractivity contribution < 1.29 is 4.39 Å². The third-order valence-electron chi connectivity index (χ3n) is 2.91. The molecule has 0 aliphatic heterocycles. The first-order valence-electron chi connectivity index (χ1n) is 5.81. The summed E-state index contributed by atoms with van der Waals surface area (Å²) >= 11 is 2.16. The molecule has 0 aliphatic rings. The molecule has 5 heteroatoms. The fraction of sp³-hybridized carbons (Fsp3) is 0.308. The van der Waals surface area contributed by atoms with Crippen molar-refractivity contribution in [3.05, 3.63) is 51.1 Å². The van der Waals surface area contributed by atoms with Crippen LogP contribution < -0.4 is 5.32 Å². The predicted octanol–water partition coefficient (Wildman–Crippen LogP) is 2.96. The first kappa shape index (κ1) is 13.5. The zero-order valence-electron chi connectivity index (χ0n) is 10.3. The number of aromatic nitrogens is 2. The SMILES string of the molecule is CCn1nccc1C(NC)c1ccc(F)cc1I. The number of hydrogen-bond donors (Lipinski definition) is 1. The molecule has 0 spiro atoms. The Morgan fingerprint density at radius 2 is 2.22 bits per heavy atom. The van der Waals surface area contributed by atoms with Gasteiger partial charge in [-0.25, -0.2) is 4.39 Å². The minimum atomic E-state index is -0.206. The van der Waals surface area contributed by atoms with Crippen LogP contribution in [-0.2, 0) is 6.54 Å². The fourth-order valence-electron chi connectivity index (χ4n) is 2.05. The molecule has 18 heavy (non-hydrogen) atoms. The number of hydrogen-bond acceptors (Lipinski definition) is 2. The van der Waals surface area contributed by atoms with Crippen molar-refractivity contribution in [1.82, 2.24) is 15.1 Å². The van der Waals surface area contributed by atoms with E-state index in [1.807, 2.05) is 23.9 Å². The first-order chi connectivity index (χ1) is 8.67. The second-order valence-corrected chi connectivity index (χ2v) is 5.12. The van der Waals surface area contributed by atoms with Crippen LogP contribution in [0.5, 0.6) is 0 Å². The molecule has 0 saturated carbocycles. The van der Waals surface area contributed by atoms with Crippen LogP contribution in [0.25, 0.3) is 0 Å². The van der Waals surface area contributed by atoms with Gasteiger partial charge in [0, 0.05) is 16.3 Å². The molecule has 0 bridgehead atoms. The van der Waals surface area contributed by atoms with Crippen LogP contribution in [0.4, 0.5) is 4.39 Å². The molecule has 96 valence electrons. The zero-order chi connectivity index (χ0) is 13.1. The average molecular weight is 359 g/mol. The molecule has 1 N–H and O–H groups in total. The molecule has 0 amide bonds. The molecule has 1 heterocycles. The molecule has 0 saturated heterocycles. The zero-order valence-corrected chi connectivity index (χ0v) is 12.5. The fourth-order valence-corrected chi connectivity index (χ4v) is 2.84. The van der Waals surface area contributed by atoms with E-state index in [0.717, 1.165) is 21.4 Å². The molecule has 0 fully saturated rings. The van der Waals surface area contributed by atoms with E-state index in [0.29, 0.717) is 0 Å². The first-order valence-corrected chi connectivity index (χ1v) is 6.89. The number of rotatable bonds is 4. The van der Waals surface area contributed by atoms with Gasteiger partial charge in [-0.1, -0.05) is 6.07 Å². The van der Waals surface area contributed by atoms with Crippen molar-refractivity contribution >= 4 is 22.6 Å². The third-order valence-corrected chi connectivity index (χ3v) is 3.84. The van der Waals surface area contributed by atoms with Gasteiger partial charge in [-0.15, -0.1) is 0 Å². The normalized spacial score (nSPS) is 12.7. The van der Waals surface area contributed by atoms with Gasteiger partial charge in [-0.05, 0) is 60.3 Å². The van der Waals surface area contributed by atoms with Crippen molar-refractivity contribution in [3.8, 4) is 0 Å². The largest absolute Gasteiger partial charge is 0.308 e. The van der Waals surface area contributed by atoms with Gasteiger partial charge in [-0.3, -0.25) is 4.68 Å². The Balaban J connectivity index is 2.45. The van der Waals surface area contributed by atoms with E-state index in [1.165, 1.54) is 6.07 Å². The van der Waals surface area contributed by atoms with Gasteiger partial charge in [0.2, 0.25) is 0 Å². The van der Waals surface area contributed by atoms with E-state index in [1.54, 1.807) is 12.3 Å². The Kier molecular flexibility index (Phi) is 4.34. The van der Waals surface area contributed by atoms with Crippen molar-refractivity contribution in [2.45, 2.75) is 19.5 Å². The highest BCUT2D eigenvalue weighted by Crippen LogP contribution is 2.26. The number of nitrogens with one attached hydrogen (secondary N) is 1. The van der Waals surface area contributed by atoms with Gasteiger partial charge < -0.3 is 5.32 Å². The maximum absolute atomic E-state index is 13.2. The van der Waals surface area contributed by atoms with Crippen LogP contribution in [0.2, 0.25) is 0 Å². The Bertz CT molecular complexity index is 539. The minimum absolute atomic E-state index is 0.0277. The Labute approximate surface area is 120 Å². The van der Waals surface area contributed by atoms with Crippen LogP contribution in [0.15, 0.2) is 30.5 Å². The summed E-state index contributed by atoms with van der Waals surface area (Å²) in [5, 5.41) is 7.54. The van der Waals surface area contributed by atoms with Gasteiger partial charge >= 0.3 is 0 Å². The maximum Gasteiger partial charge on any atom is 0.124 e. The Hall–Kier alpha value is -0.950. The van der Waals surface area contributed by atoms with Crippen molar-refractivity contribution in [1.29, 1.82) is 0 Å². The third kappa shape index (κ3) is 2.56. The second-order valence-electron chi connectivity index (χ2n) is 3.96. The summed E-state index contributed by atoms with van der Waals surface area (Å²) in [6, 6.07) is 6.89. The molecular formula is C13H15FIN3. The van der Waals surface area contributed by atoms with E-state index in [9.17, 15) is 4.39 Å². The lowest BCUT2D eigenvalue weighted by atomic mass is 10.0. The van der Waals surface area contributed by atoms with Gasteiger partial charge in [0.1, 0.15) is 5.82 Å². The van der Waals surface area contributed by atoms with Gasteiger partial charge in [-0.2, -0.15) is 5.10 Å². The molecular weight excluding hydrogens is 344 g/mol. The van der Waals surface area contributed by atoms with E-state index in [4.69, 9.17) is 0 Å². The summed E-state index contributed by atoms with van der Waals surface area (Å²) in [5.74, 6) is -0.206. The maximum atomic E-state index is 13.2. The highest BCUT2D eigenvalue weighted by atomic mass is 127. The second kappa shape index (κ2) is 5.79. The molecule has 1 aromatic heterocycles. The molecule has 3 nitrogen and oxygen atoms in total. The quantitative estimate of drug-likeness (QED) is 0.851. The van der Waals surface area contributed by atoms with Crippen LogP contribution in [-0.4, -0.2) is 16.8 Å². The summed E-state index contributed by atoms with van der Waals surface area (Å²) in [5.41, 5.74) is 2.15. The summed E-state index contributed by atoms with van der Waals surface area (Å²) in [6.45, 7) is 2.87. The predicted molar refractivity (Wildman–Crippen MR) is 77.9 cm³/mol. The summed E-state index contributed by atoms with van der Waals surface area (Å²) < 4.78 is 16.0. The summed E-state index contributed by atoms with van der Waals surface area (Å²) in [4.78, 5) is 0.